The SMILES string of the molecule is [O]=[Zn][PH2].[V]. The average Bonchev–Trinajstić information content (AvgIpc) is 0.918. The molecular weight excluding hydrogens is 163 g/mol. The Bertz CT molecular complexity index is 15.5. The summed E-state index contributed by atoms with van der Waals surface area (Å²) >= 11 is -1.21. The molecule has 0 aliphatic carbocycles. The topological polar surface area (TPSA) is 17.1 Å². The fraction of sp³-hybridized carbons (Fsp3) is 0. The normalized spacial score (nSPS) is 2.25. The van der Waals surface area contributed by atoms with Crippen molar-refractivity contribution in [2.45, 2.75) is 0 Å². The standard InChI is InChI=1S/O.H2P.V.Zn/h;1H2;;/q;-1;;+1. The van der Waals surface area contributed by atoms with Gasteiger partial charge in [0.15, 0.2) is 0 Å². The van der Waals surface area contributed by atoms with Crippen molar-refractivity contribution in [3.8, 4) is 0 Å². The van der Waals surface area contributed by atoms with Crippen molar-refractivity contribution in [2.75, 3.05) is 0 Å². The summed E-state index contributed by atoms with van der Waals surface area (Å²) < 4.78 is 9.08. The third kappa shape index (κ3) is 9.88. The van der Waals surface area contributed by atoms with E-state index in [9.17, 15) is 0 Å². The number of rotatable bonds is 0. The van der Waals surface area contributed by atoms with Crippen LogP contribution in [-0.2, 0) is 38.7 Å². The van der Waals surface area contributed by atoms with Gasteiger partial charge in [0.25, 0.3) is 0 Å². The van der Waals surface area contributed by atoms with Crippen LogP contribution in [0.15, 0.2) is 0 Å². The van der Waals surface area contributed by atoms with Gasteiger partial charge in [0, 0.05) is 18.6 Å². The summed E-state index contributed by atoms with van der Waals surface area (Å²) in [5, 5.41) is 0. The Balaban J connectivity index is 0. The molecule has 0 aliphatic heterocycles. The molecule has 20 valence electrons. The fourth-order valence-corrected chi connectivity index (χ4v) is 0. The molecule has 1 nitrogen and oxygen atoms in total. The van der Waals surface area contributed by atoms with Crippen LogP contribution in [0.25, 0.3) is 0 Å². The minimum atomic E-state index is -1.21. The van der Waals surface area contributed by atoms with E-state index in [0.717, 1.165) is 0 Å². The van der Waals surface area contributed by atoms with Crippen LogP contribution >= 0.6 is 7.57 Å². The van der Waals surface area contributed by atoms with Gasteiger partial charge in [0.1, 0.15) is 0 Å². The first-order valence-corrected chi connectivity index (χ1v) is 7.86. The van der Waals surface area contributed by atoms with Crippen LogP contribution in [0.2, 0.25) is 0 Å². The predicted octanol–water partition coefficient (Wildman–Crippen LogP) is 0.202. The van der Waals surface area contributed by atoms with Gasteiger partial charge in [-0.25, -0.2) is 0 Å². The first-order valence-electron chi connectivity index (χ1n) is 0.697. The van der Waals surface area contributed by atoms with Gasteiger partial charge in [-0.3, -0.25) is 0 Å². The van der Waals surface area contributed by atoms with E-state index < -0.39 is 16.6 Å². The smallest absolute Gasteiger partial charge is 0 e. The second-order valence-corrected chi connectivity index (χ2v) is 2.60. The molecule has 0 aromatic rings. The minimum Gasteiger partial charge on any atom is 0 e. The van der Waals surface area contributed by atoms with Gasteiger partial charge < -0.3 is 0 Å². The Kier molecular flexibility index (Phi) is 20.0. The molecule has 0 aliphatic rings. The van der Waals surface area contributed by atoms with E-state index in [1.165, 1.54) is 0 Å². The Morgan fingerprint density at radius 3 is 1.75 bits per heavy atom. The number of hydrogen-bond donors (Lipinski definition) is 0. The monoisotopic (exact) mass is 164 g/mol. The van der Waals surface area contributed by atoms with E-state index in [1.54, 1.807) is 0 Å². The van der Waals surface area contributed by atoms with Crippen LogP contribution in [0, 0.1) is 0 Å². The Labute approximate surface area is 46.4 Å². The molecule has 0 spiro atoms. The fourth-order valence-electron chi connectivity index (χ4n) is 0. The van der Waals surface area contributed by atoms with Gasteiger partial charge in [-0.05, 0) is 0 Å². The molecule has 0 N–H and O–H groups in total. The maximum Gasteiger partial charge on any atom is 0 e. The van der Waals surface area contributed by atoms with Crippen molar-refractivity contribution in [1.82, 2.24) is 0 Å². The first-order chi connectivity index (χ1) is 1.41. The second kappa shape index (κ2) is 8.83. The van der Waals surface area contributed by atoms with E-state index in [4.69, 9.17) is 3.57 Å². The maximum absolute atomic E-state index is 9.08. The van der Waals surface area contributed by atoms with Crippen LogP contribution < -0.4 is 0 Å². The van der Waals surface area contributed by atoms with Crippen LogP contribution in [-0.4, -0.2) is 0 Å². The van der Waals surface area contributed by atoms with Crippen molar-refractivity contribution in [1.29, 1.82) is 0 Å². The van der Waals surface area contributed by atoms with Gasteiger partial charge in [-0.1, -0.05) is 0 Å². The maximum atomic E-state index is 9.08. The molecule has 0 heterocycles. The van der Waals surface area contributed by atoms with Crippen molar-refractivity contribution in [3.63, 3.8) is 0 Å². The summed E-state index contributed by atoms with van der Waals surface area (Å²) in [5.41, 5.74) is 0. The van der Waals surface area contributed by atoms with E-state index in [-0.39, 0.29) is 18.6 Å². The Morgan fingerprint density at radius 1 is 1.75 bits per heavy atom. The zero-order chi connectivity index (χ0) is 2.71. The van der Waals surface area contributed by atoms with Gasteiger partial charge in [0.05, 0.1) is 0 Å². The zero-order valence-corrected chi connectivity index (χ0v) is 7.66. The van der Waals surface area contributed by atoms with Gasteiger partial charge >= 0.3 is 27.7 Å². The molecule has 0 bridgehead atoms. The molecule has 0 aromatic carbocycles. The molecule has 1 atom stereocenters. The molecule has 0 rings (SSSR count). The molecule has 1 radical (unpaired) electrons. The first kappa shape index (κ1) is 9.06. The summed E-state index contributed by atoms with van der Waals surface area (Å²) in [6.45, 7) is 0. The molecule has 4 heteroatoms. The molecule has 0 amide bonds. The average molecular weight is 165 g/mol. The van der Waals surface area contributed by atoms with E-state index in [2.05, 4.69) is 7.57 Å². The quantitative estimate of drug-likeness (QED) is 0.370. The van der Waals surface area contributed by atoms with E-state index in [1.807, 2.05) is 0 Å². The van der Waals surface area contributed by atoms with Crippen molar-refractivity contribution < 1.29 is 38.7 Å². The second-order valence-electron chi connectivity index (χ2n) is 0.167. The number of hydrogen-bond acceptors (Lipinski definition) is 1. The summed E-state index contributed by atoms with van der Waals surface area (Å²) in [4.78, 5) is 0. The van der Waals surface area contributed by atoms with Crippen LogP contribution in [0.3, 0.4) is 0 Å². The van der Waals surface area contributed by atoms with E-state index in [0.29, 0.717) is 0 Å². The summed E-state index contributed by atoms with van der Waals surface area (Å²) in [5.74, 6) is 0. The molecule has 4 heavy (non-hydrogen) atoms. The predicted molar refractivity (Wildman–Crippen MR) is 10.4 cm³/mol. The third-order valence-corrected chi connectivity index (χ3v) is 0. The minimum absolute atomic E-state index is 0. The summed E-state index contributed by atoms with van der Waals surface area (Å²) in [6.07, 6.45) is 0. The molecular formula is H2OPVZn. The van der Waals surface area contributed by atoms with Crippen molar-refractivity contribution in [2.24, 2.45) is 0 Å². The summed E-state index contributed by atoms with van der Waals surface area (Å²) in [6, 6.07) is 0. The van der Waals surface area contributed by atoms with Crippen LogP contribution in [0.4, 0.5) is 0 Å². The molecule has 0 fully saturated rings. The molecule has 0 aromatic heterocycles. The zero-order valence-electron chi connectivity index (χ0n) is 2.14. The van der Waals surface area contributed by atoms with Crippen molar-refractivity contribution in [3.05, 3.63) is 0 Å². The van der Waals surface area contributed by atoms with Gasteiger partial charge in [-0.2, -0.15) is 0 Å². The Morgan fingerprint density at radius 2 is 1.75 bits per heavy atom. The van der Waals surface area contributed by atoms with Crippen LogP contribution in [0.5, 0.6) is 0 Å². The summed E-state index contributed by atoms with van der Waals surface area (Å²) in [7, 11) is 2.21. The van der Waals surface area contributed by atoms with Crippen LogP contribution in [0.1, 0.15) is 0 Å². The van der Waals surface area contributed by atoms with Gasteiger partial charge in [-0.15, -0.1) is 0 Å². The van der Waals surface area contributed by atoms with E-state index >= 15 is 0 Å². The Hall–Kier alpha value is 1.44. The molecule has 1 unspecified atom stereocenters. The largest absolute Gasteiger partial charge is 0 e. The van der Waals surface area contributed by atoms with Gasteiger partial charge in [0.2, 0.25) is 0 Å². The van der Waals surface area contributed by atoms with Crippen molar-refractivity contribution >= 4 is 7.57 Å². The molecule has 0 saturated carbocycles. The molecule has 0 saturated heterocycles. The third-order valence-electron chi connectivity index (χ3n) is 0.